The van der Waals surface area contributed by atoms with Gasteiger partial charge in [-0.25, -0.2) is 0 Å². The van der Waals surface area contributed by atoms with Crippen LogP contribution in [0, 0.1) is 6.92 Å². The van der Waals surface area contributed by atoms with E-state index in [1.54, 1.807) is 7.11 Å². The largest absolute Gasteiger partial charge is 0.496 e. The molecular weight excluding hydrogens is 295 g/mol. The minimum Gasteiger partial charge on any atom is -0.496 e. The van der Waals surface area contributed by atoms with Crippen LogP contribution in [0.15, 0.2) is 30.3 Å². The van der Waals surface area contributed by atoms with Crippen LogP contribution in [-0.4, -0.2) is 7.11 Å². The number of methoxy groups -OCH3 is 1. The molecule has 0 spiro atoms. The second-order valence-electron chi connectivity index (χ2n) is 4.46. The van der Waals surface area contributed by atoms with E-state index in [4.69, 9.17) is 33.7 Å². The first-order valence-electron chi connectivity index (χ1n) is 6.13. The number of hydrogen-bond acceptors (Lipinski definition) is 3. The summed E-state index contributed by atoms with van der Waals surface area (Å²) in [5.74, 6) is 0.754. The molecule has 0 heterocycles. The second-order valence-corrected chi connectivity index (χ2v) is 5.28. The lowest BCUT2D eigenvalue weighted by Crippen LogP contribution is -2.04. The van der Waals surface area contributed by atoms with E-state index in [9.17, 15) is 0 Å². The van der Waals surface area contributed by atoms with Gasteiger partial charge in [-0.2, -0.15) is 0 Å². The van der Waals surface area contributed by atoms with Crippen molar-refractivity contribution in [2.45, 2.75) is 13.5 Å². The average Bonchev–Trinajstić information content (AvgIpc) is 2.42. The van der Waals surface area contributed by atoms with E-state index in [-0.39, 0.29) is 0 Å². The van der Waals surface area contributed by atoms with Gasteiger partial charge in [-0.05, 0) is 36.8 Å². The highest BCUT2D eigenvalue weighted by atomic mass is 35.5. The summed E-state index contributed by atoms with van der Waals surface area (Å²) in [6, 6.07) is 9.23. The van der Waals surface area contributed by atoms with E-state index in [0.29, 0.717) is 22.3 Å². The van der Waals surface area contributed by atoms with Gasteiger partial charge in [0.2, 0.25) is 0 Å². The molecule has 3 nitrogen and oxygen atoms in total. The quantitative estimate of drug-likeness (QED) is 0.817. The summed E-state index contributed by atoms with van der Waals surface area (Å²) >= 11 is 12.2. The lowest BCUT2D eigenvalue weighted by Gasteiger charge is -2.14. The molecule has 0 saturated carbocycles. The van der Waals surface area contributed by atoms with Crippen LogP contribution in [0.1, 0.15) is 11.1 Å². The predicted octanol–water partition coefficient (Wildman–Crippen LogP) is 4.50. The summed E-state index contributed by atoms with van der Waals surface area (Å²) in [6.45, 7) is 2.52. The first-order valence-corrected chi connectivity index (χ1v) is 6.89. The Morgan fingerprint density at radius 1 is 1.20 bits per heavy atom. The first-order chi connectivity index (χ1) is 9.52. The molecular formula is C15H16Cl2N2O. The number of ether oxygens (including phenoxy) is 1. The van der Waals surface area contributed by atoms with Crippen molar-refractivity contribution in [3.8, 4) is 5.75 Å². The zero-order chi connectivity index (χ0) is 14.7. The van der Waals surface area contributed by atoms with Crippen LogP contribution in [0.4, 0.5) is 11.4 Å². The highest BCUT2D eigenvalue weighted by Gasteiger charge is 2.09. The third-order valence-electron chi connectivity index (χ3n) is 3.10. The summed E-state index contributed by atoms with van der Waals surface area (Å²) in [4.78, 5) is 0. The zero-order valence-electron chi connectivity index (χ0n) is 11.3. The van der Waals surface area contributed by atoms with Crippen LogP contribution >= 0.6 is 23.2 Å². The maximum atomic E-state index is 6.20. The molecule has 0 aliphatic rings. The number of nitrogens with two attached hydrogens (primary N) is 1. The number of nitrogens with one attached hydrogen (secondary N) is 1. The lowest BCUT2D eigenvalue weighted by atomic mass is 10.1. The van der Waals surface area contributed by atoms with E-state index in [1.165, 1.54) is 0 Å². The molecule has 0 bridgehead atoms. The molecule has 0 radical (unpaired) electrons. The molecule has 2 aromatic carbocycles. The normalized spacial score (nSPS) is 10.4. The fourth-order valence-corrected chi connectivity index (χ4v) is 2.38. The van der Waals surface area contributed by atoms with Crippen molar-refractivity contribution in [2.75, 3.05) is 18.2 Å². The van der Waals surface area contributed by atoms with Gasteiger partial charge in [-0.15, -0.1) is 0 Å². The third kappa shape index (κ3) is 3.11. The Labute approximate surface area is 128 Å². The molecule has 3 N–H and O–H groups in total. The highest BCUT2D eigenvalue weighted by Crippen LogP contribution is 2.30. The average molecular weight is 311 g/mol. The Morgan fingerprint density at radius 2 is 1.95 bits per heavy atom. The molecule has 0 unspecified atom stereocenters. The van der Waals surface area contributed by atoms with Crippen molar-refractivity contribution in [3.63, 3.8) is 0 Å². The zero-order valence-corrected chi connectivity index (χ0v) is 12.8. The van der Waals surface area contributed by atoms with E-state index in [2.05, 4.69) is 5.32 Å². The molecule has 0 aliphatic carbocycles. The molecule has 2 aromatic rings. The molecule has 0 aliphatic heterocycles. The Hall–Kier alpha value is -1.58. The monoisotopic (exact) mass is 310 g/mol. The summed E-state index contributed by atoms with van der Waals surface area (Å²) in [5.41, 5.74) is 9.19. The fraction of sp³-hybridized carbons (Fsp3) is 0.200. The van der Waals surface area contributed by atoms with Gasteiger partial charge in [0.05, 0.1) is 17.8 Å². The third-order valence-corrected chi connectivity index (χ3v) is 3.78. The van der Waals surface area contributed by atoms with Gasteiger partial charge in [0, 0.05) is 22.8 Å². The minimum absolute atomic E-state index is 0.532. The van der Waals surface area contributed by atoms with E-state index in [1.807, 2.05) is 37.3 Å². The van der Waals surface area contributed by atoms with Crippen LogP contribution in [0.25, 0.3) is 0 Å². The molecule has 0 fully saturated rings. The van der Waals surface area contributed by atoms with E-state index < -0.39 is 0 Å². The standard InChI is InChI=1S/C15H16Cl2N2O/c1-9-6-13(18)12(17)7-14(9)19-8-10-11(16)4-3-5-15(10)20-2/h3-7,19H,8,18H2,1-2H3. The Bertz CT molecular complexity index is 630. The summed E-state index contributed by atoms with van der Waals surface area (Å²) in [5, 5.41) is 4.50. The minimum atomic E-state index is 0.532. The van der Waals surface area contributed by atoms with E-state index >= 15 is 0 Å². The van der Waals surface area contributed by atoms with Crippen LogP contribution in [-0.2, 0) is 6.54 Å². The number of aryl methyl sites for hydroxylation is 1. The molecule has 0 amide bonds. The van der Waals surface area contributed by atoms with Crippen LogP contribution in [0.2, 0.25) is 10.0 Å². The van der Waals surface area contributed by atoms with Gasteiger partial charge in [0.25, 0.3) is 0 Å². The number of hydrogen-bond donors (Lipinski definition) is 2. The van der Waals surface area contributed by atoms with Crippen molar-refractivity contribution in [2.24, 2.45) is 0 Å². The van der Waals surface area contributed by atoms with Gasteiger partial charge in [0.1, 0.15) is 5.75 Å². The topological polar surface area (TPSA) is 47.3 Å². The maximum absolute atomic E-state index is 6.20. The Kier molecular flexibility index (Phi) is 4.63. The molecule has 0 aromatic heterocycles. The fourth-order valence-electron chi connectivity index (χ4n) is 1.98. The van der Waals surface area contributed by atoms with Crippen molar-refractivity contribution in [3.05, 3.63) is 51.5 Å². The second kappa shape index (κ2) is 6.25. The summed E-state index contributed by atoms with van der Waals surface area (Å²) in [7, 11) is 1.63. The molecule has 2 rings (SSSR count). The van der Waals surface area contributed by atoms with Gasteiger partial charge < -0.3 is 15.8 Å². The van der Waals surface area contributed by atoms with Gasteiger partial charge in [0.15, 0.2) is 0 Å². The van der Waals surface area contributed by atoms with Crippen LogP contribution in [0.5, 0.6) is 5.75 Å². The van der Waals surface area contributed by atoms with Crippen LogP contribution in [0.3, 0.4) is 0 Å². The number of nitrogen functional groups attached to an aromatic ring is 1. The molecule has 0 saturated heterocycles. The van der Waals surface area contributed by atoms with Gasteiger partial charge >= 0.3 is 0 Å². The van der Waals surface area contributed by atoms with Crippen molar-refractivity contribution in [1.82, 2.24) is 0 Å². The Balaban J connectivity index is 2.23. The van der Waals surface area contributed by atoms with Crippen molar-refractivity contribution >= 4 is 34.6 Å². The molecule has 5 heteroatoms. The molecule has 0 atom stereocenters. The smallest absolute Gasteiger partial charge is 0.125 e. The van der Waals surface area contributed by atoms with E-state index in [0.717, 1.165) is 22.6 Å². The van der Waals surface area contributed by atoms with Gasteiger partial charge in [-0.1, -0.05) is 29.3 Å². The first kappa shape index (κ1) is 14.8. The summed E-state index contributed by atoms with van der Waals surface area (Å²) < 4.78 is 5.32. The van der Waals surface area contributed by atoms with Crippen molar-refractivity contribution in [1.29, 1.82) is 0 Å². The summed E-state index contributed by atoms with van der Waals surface area (Å²) in [6.07, 6.45) is 0. The maximum Gasteiger partial charge on any atom is 0.125 e. The number of halogens is 2. The highest BCUT2D eigenvalue weighted by molar-refractivity contribution is 6.33. The number of benzene rings is 2. The molecule has 20 heavy (non-hydrogen) atoms. The van der Waals surface area contributed by atoms with Gasteiger partial charge in [-0.3, -0.25) is 0 Å². The SMILES string of the molecule is COc1cccc(Cl)c1CNc1cc(Cl)c(N)cc1C. The molecule has 106 valence electrons. The van der Waals surface area contributed by atoms with Crippen LogP contribution < -0.4 is 15.8 Å². The lowest BCUT2D eigenvalue weighted by molar-refractivity contribution is 0.410. The number of anilines is 2. The van der Waals surface area contributed by atoms with Crippen molar-refractivity contribution < 1.29 is 4.74 Å². The Morgan fingerprint density at radius 3 is 2.65 bits per heavy atom. The predicted molar refractivity (Wildman–Crippen MR) is 85.9 cm³/mol. The number of rotatable bonds is 4.